The molecule has 1 amide bonds. The predicted molar refractivity (Wildman–Crippen MR) is 102 cm³/mol. The third-order valence-electron chi connectivity index (χ3n) is 3.74. The van der Waals surface area contributed by atoms with Crippen molar-refractivity contribution < 1.29 is 14.3 Å². The summed E-state index contributed by atoms with van der Waals surface area (Å²) in [5.74, 6) is -1.70. The van der Waals surface area contributed by atoms with Crippen molar-refractivity contribution in [3.05, 3.63) is 80.7 Å². The Labute approximate surface area is 157 Å². The van der Waals surface area contributed by atoms with Gasteiger partial charge < -0.3 is 10.4 Å². The first-order chi connectivity index (χ1) is 13.4. The lowest BCUT2D eigenvalue weighted by Gasteiger charge is -2.10. The molecule has 0 radical (unpaired) electrons. The van der Waals surface area contributed by atoms with E-state index in [0.717, 1.165) is 12.3 Å². The van der Waals surface area contributed by atoms with Crippen molar-refractivity contribution >= 4 is 23.5 Å². The summed E-state index contributed by atoms with van der Waals surface area (Å²) in [6, 6.07) is 11.7. The molecule has 3 aromatic rings. The molecule has 9 heteroatoms. The Morgan fingerprint density at radius 3 is 2.50 bits per heavy atom. The number of hydrogen-bond donors (Lipinski definition) is 3. The molecule has 8 nitrogen and oxygen atoms in total. The van der Waals surface area contributed by atoms with Gasteiger partial charge in [-0.2, -0.15) is 0 Å². The second kappa shape index (κ2) is 7.70. The van der Waals surface area contributed by atoms with Crippen LogP contribution in [0.25, 0.3) is 5.69 Å². The molecule has 0 aliphatic carbocycles. The van der Waals surface area contributed by atoms with Gasteiger partial charge in [0.25, 0.3) is 5.56 Å². The summed E-state index contributed by atoms with van der Waals surface area (Å²) in [4.78, 5) is 41.3. The van der Waals surface area contributed by atoms with Gasteiger partial charge in [0, 0.05) is 18.8 Å². The number of anilines is 1. The van der Waals surface area contributed by atoms with E-state index in [9.17, 15) is 23.9 Å². The largest absolute Gasteiger partial charge is 0.493 e. The lowest BCUT2D eigenvalue weighted by atomic mass is 10.2. The number of aromatic amines is 1. The highest BCUT2D eigenvalue weighted by molar-refractivity contribution is 5.89. The lowest BCUT2D eigenvalue weighted by Crippen LogP contribution is -2.31. The molecular weight excluding hydrogens is 367 g/mol. The number of H-pyrrole nitrogens is 1. The van der Waals surface area contributed by atoms with E-state index in [1.54, 1.807) is 24.3 Å². The third kappa shape index (κ3) is 3.88. The number of para-hydroxylation sites is 1. The van der Waals surface area contributed by atoms with E-state index in [2.05, 4.69) is 10.3 Å². The number of aromatic hydroxyl groups is 1. The number of aliphatic imine (C=N–C) groups is 1. The molecule has 142 valence electrons. The highest BCUT2D eigenvalue weighted by Crippen LogP contribution is 2.20. The van der Waals surface area contributed by atoms with Crippen LogP contribution in [0.15, 0.2) is 63.1 Å². The van der Waals surface area contributed by atoms with Gasteiger partial charge in [-0.3, -0.25) is 19.6 Å². The molecule has 0 atom stereocenters. The Bertz CT molecular complexity index is 1180. The summed E-state index contributed by atoms with van der Waals surface area (Å²) in [7, 11) is 0. The van der Waals surface area contributed by atoms with Crippen LogP contribution in [0.2, 0.25) is 0 Å². The smallest absolute Gasteiger partial charge is 0.335 e. The fraction of sp³-hybridized carbons (Fsp3) is 0.0526. The van der Waals surface area contributed by atoms with E-state index < -0.39 is 22.9 Å². The monoisotopic (exact) mass is 382 g/mol. The number of amides is 1. The molecule has 2 aromatic carbocycles. The quantitative estimate of drug-likeness (QED) is 0.599. The molecule has 0 fully saturated rings. The van der Waals surface area contributed by atoms with Gasteiger partial charge in [-0.15, -0.1) is 0 Å². The van der Waals surface area contributed by atoms with Crippen molar-refractivity contribution in [3.63, 3.8) is 0 Å². The normalized spacial score (nSPS) is 10.9. The molecule has 0 aliphatic rings. The molecule has 1 heterocycles. The molecule has 3 N–H and O–H groups in total. The molecule has 0 aliphatic heterocycles. The maximum atomic E-state index is 14.0. The Morgan fingerprint density at radius 1 is 1.18 bits per heavy atom. The number of carbonyl (C=O) groups excluding carboxylic acids is 1. The summed E-state index contributed by atoms with van der Waals surface area (Å²) in [5, 5.41) is 13.0. The number of nitrogens with zero attached hydrogens (tertiary/aromatic N) is 2. The molecule has 1 aromatic heterocycles. The first-order valence-electron chi connectivity index (χ1n) is 8.11. The summed E-state index contributed by atoms with van der Waals surface area (Å²) in [6.07, 6.45) is 1.07. The lowest BCUT2D eigenvalue weighted by molar-refractivity contribution is -0.114. The number of rotatable bonds is 4. The van der Waals surface area contributed by atoms with Crippen LogP contribution in [0.1, 0.15) is 12.5 Å². The van der Waals surface area contributed by atoms with E-state index >= 15 is 0 Å². The van der Waals surface area contributed by atoms with Crippen molar-refractivity contribution in [1.82, 2.24) is 9.55 Å². The zero-order chi connectivity index (χ0) is 20.3. The Morgan fingerprint density at radius 2 is 1.86 bits per heavy atom. The van der Waals surface area contributed by atoms with Crippen LogP contribution in [-0.2, 0) is 4.79 Å². The van der Waals surface area contributed by atoms with E-state index in [4.69, 9.17) is 0 Å². The number of nitrogens with one attached hydrogen (secondary N) is 2. The van der Waals surface area contributed by atoms with Gasteiger partial charge >= 0.3 is 5.69 Å². The molecule has 0 saturated carbocycles. The van der Waals surface area contributed by atoms with Crippen LogP contribution < -0.4 is 16.6 Å². The van der Waals surface area contributed by atoms with Gasteiger partial charge in [0.2, 0.25) is 11.8 Å². The van der Waals surface area contributed by atoms with Crippen molar-refractivity contribution in [2.45, 2.75) is 6.92 Å². The highest BCUT2D eigenvalue weighted by Gasteiger charge is 2.16. The number of hydrogen-bond acceptors (Lipinski definition) is 5. The van der Waals surface area contributed by atoms with Crippen LogP contribution in [0.3, 0.4) is 0 Å². The standard InChI is InChI=1S/C19H15FN4O4/c1-11(25)22-13-8-6-12(7-9-13)21-10-14-17(26)23-19(28)24(18(14)27)16-5-3-2-4-15(16)20/h2-10,27H,1H3,(H,22,25)(H,23,26,28). The molecule has 28 heavy (non-hydrogen) atoms. The van der Waals surface area contributed by atoms with Crippen LogP contribution in [-0.4, -0.2) is 26.8 Å². The Hall–Kier alpha value is -4.01. The first-order valence-corrected chi connectivity index (χ1v) is 8.11. The zero-order valence-electron chi connectivity index (χ0n) is 14.6. The first kappa shape index (κ1) is 18.8. The second-order valence-electron chi connectivity index (χ2n) is 5.77. The SMILES string of the molecule is CC(=O)Nc1ccc(N=Cc2c(O)n(-c3ccccc3F)c(=O)[nH]c2=O)cc1. The second-order valence-corrected chi connectivity index (χ2v) is 5.77. The fourth-order valence-electron chi connectivity index (χ4n) is 2.48. The van der Waals surface area contributed by atoms with E-state index in [-0.39, 0.29) is 17.2 Å². The van der Waals surface area contributed by atoms with Crippen molar-refractivity contribution in [1.29, 1.82) is 0 Å². The van der Waals surface area contributed by atoms with Crippen molar-refractivity contribution in [3.8, 4) is 11.6 Å². The van der Waals surface area contributed by atoms with Crippen LogP contribution in [0.5, 0.6) is 5.88 Å². The summed E-state index contributed by atoms with van der Waals surface area (Å²) in [6.45, 7) is 1.38. The van der Waals surface area contributed by atoms with Gasteiger partial charge in [0.05, 0.1) is 11.4 Å². The number of aromatic nitrogens is 2. The van der Waals surface area contributed by atoms with Crippen LogP contribution in [0, 0.1) is 5.82 Å². The molecule has 0 unspecified atom stereocenters. The number of carbonyl (C=O) groups is 1. The zero-order valence-corrected chi connectivity index (χ0v) is 14.6. The van der Waals surface area contributed by atoms with Gasteiger partial charge in [-0.1, -0.05) is 12.1 Å². The average molecular weight is 382 g/mol. The van der Waals surface area contributed by atoms with Crippen molar-refractivity contribution in [2.24, 2.45) is 4.99 Å². The van der Waals surface area contributed by atoms with E-state index in [1.165, 1.54) is 25.1 Å². The number of benzene rings is 2. The Kier molecular flexibility index (Phi) is 5.16. The highest BCUT2D eigenvalue weighted by atomic mass is 19.1. The predicted octanol–water partition coefficient (Wildman–Crippen LogP) is 2.08. The third-order valence-corrected chi connectivity index (χ3v) is 3.74. The van der Waals surface area contributed by atoms with Gasteiger partial charge in [0.15, 0.2) is 0 Å². The summed E-state index contributed by atoms with van der Waals surface area (Å²) >= 11 is 0. The number of halogens is 1. The maximum Gasteiger partial charge on any atom is 0.335 e. The van der Waals surface area contributed by atoms with Gasteiger partial charge in [-0.25, -0.2) is 13.8 Å². The summed E-state index contributed by atoms with van der Waals surface area (Å²) < 4.78 is 14.7. The van der Waals surface area contributed by atoms with E-state index in [0.29, 0.717) is 15.9 Å². The Balaban J connectivity index is 2.01. The maximum absolute atomic E-state index is 14.0. The summed E-state index contributed by atoms with van der Waals surface area (Å²) in [5.41, 5.74) is -1.38. The van der Waals surface area contributed by atoms with Crippen molar-refractivity contribution in [2.75, 3.05) is 5.32 Å². The molecule has 3 rings (SSSR count). The minimum Gasteiger partial charge on any atom is -0.493 e. The topological polar surface area (TPSA) is 117 Å². The fourth-order valence-corrected chi connectivity index (χ4v) is 2.48. The minimum atomic E-state index is -0.982. The molecule has 0 spiro atoms. The minimum absolute atomic E-state index is 0.212. The molecule has 0 saturated heterocycles. The average Bonchev–Trinajstić information content (AvgIpc) is 2.63. The van der Waals surface area contributed by atoms with Gasteiger partial charge in [0.1, 0.15) is 11.4 Å². The van der Waals surface area contributed by atoms with Crippen LogP contribution in [0.4, 0.5) is 15.8 Å². The van der Waals surface area contributed by atoms with Gasteiger partial charge in [-0.05, 0) is 36.4 Å². The molecular formula is C19H15FN4O4. The van der Waals surface area contributed by atoms with E-state index in [1.807, 2.05) is 4.98 Å². The van der Waals surface area contributed by atoms with Crippen LogP contribution >= 0.6 is 0 Å². The molecule has 0 bridgehead atoms.